The summed E-state index contributed by atoms with van der Waals surface area (Å²) in [5.74, 6) is 5.41. The van der Waals surface area contributed by atoms with Gasteiger partial charge in [-0.2, -0.15) is 0 Å². The van der Waals surface area contributed by atoms with Crippen LogP contribution in [0.3, 0.4) is 0 Å². The van der Waals surface area contributed by atoms with E-state index in [0.29, 0.717) is 0 Å². The summed E-state index contributed by atoms with van der Waals surface area (Å²) in [5, 5.41) is 1.05. The maximum absolute atomic E-state index is 5.41. The number of aromatic nitrogens is 1. The van der Waals surface area contributed by atoms with Gasteiger partial charge in [0.15, 0.2) is 0 Å². The molecule has 14 heavy (non-hydrogen) atoms. The van der Waals surface area contributed by atoms with Crippen LogP contribution < -0.4 is 11.3 Å². The predicted molar refractivity (Wildman–Crippen MR) is 61.5 cm³/mol. The Balaban J connectivity index is 0.000000980. The molecule has 4 heteroatoms. The largest absolute Gasteiger partial charge is 0.323 e. The summed E-state index contributed by atoms with van der Waals surface area (Å²) in [4.78, 5) is 4.39. The molecular weight excluding hydrogens is 198 g/mol. The lowest BCUT2D eigenvalue weighted by atomic mass is 10.1. The first-order valence-corrected chi connectivity index (χ1v) is 4.14. The van der Waals surface area contributed by atoms with E-state index >= 15 is 0 Å². The maximum Gasteiger partial charge on any atom is 0.0726 e. The van der Waals surface area contributed by atoms with E-state index in [0.717, 1.165) is 22.3 Å². The Labute approximate surface area is 88.7 Å². The number of para-hydroxylation sites is 1. The molecule has 0 amide bonds. The van der Waals surface area contributed by atoms with Crippen molar-refractivity contribution in [3.05, 3.63) is 36.0 Å². The lowest BCUT2D eigenvalue weighted by Gasteiger charge is -2.05. The number of hydrogen-bond acceptors (Lipinski definition) is 3. The van der Waals surface area contributed by atoms with Crippen molar-refractivity contribution < 1.29 is 0 Å². The lowest BCUT2D eigenvalue weighted by molar-refractivity contribution is 1.24. The highest BCUT2D eigenvalue weighted by Gasteiger charge is 2.00. The summed E-state index contributed by atoms with van der Waals surface area (Å²) in [6.07, 6.45) is 0. The molecule has 0 bridgehead atoms. The number of benzene rings is 1. The third kappa shape index (κ3) is 1.78. The Kier molecular flexibility index (Phi) is 3.28. The van der Waals surface area contributed by atoms with E-state index in [4.69, 9.17) is 5.84 Å². The number of aryl methyl sites for hydroxylation is 1. The van der Waals surface area contributed by atoms with E-state index in [1.165, 1.54) is 0 Å². The Morgan fingerprint density at radius 1 is 1.29 bits per heavy atom. The summed E-state index contributed by atoms with van der Waals surface area (Å²) in [5.41, 5.74) is 5.52. The van der Waals surface area contributed by atoms with Crippen molar-refractivity contribution in [3.8, 4) is 0 Å². The van der Waals surface area contributed by atoms with Crippen LogP contribution in [0.2, 0.25) is 0 Å². The van der Waals surface area contributed by atoms with Crippen LogP contribution in [0.4, 0.5) is 5.69 Å². The lowest BCUT2D eigenvalue weighted by Crippen LogP contribution is -2.07. The monoisotopic (exact) mass is 209 g/mol. The second-order valence-corrected chi connectivity index (χ2v) is 2.97. The van der Waals surface area contributed by atoms with Gasteiger partial charge >= 0.3 is 0 Å². The molecule has 0 saturated heterocycles. The fourth-order valence-corrected chi connectivity index (χ4v) is 1.43. The van der Waals surface area contributed by atoms with Gasteiger partial charge in [-0.15, -0.1) is 12.4 Å². The summed E-state index contributed by atoms with van der Waals surface area (Å²) in [6, 6.07) is 9.84. The zero-order valence-corrected chi connectivity index (χ0v) is 8.64. The number of fused-ring (bicyclic) bond motifs is 1. The van der Waals surface area contributed by atoms with Crippen LogP contribution >= 0.6 is 12.4 Å². The van der Waals surface area contributed by atoms with Gasteiger partial charge in [0.2, 0.25) is 0 Å². The zero-order valence-electron chi connectivity index (χ0n) is 7.82. The van der Waals surface area contributed by atoms with E-state index in [1.54, 1.807) is 0 Å². The average Bonchev–Trinajstić information content (AvgIpc) is 2.16. The topological polar surface area (TPSA) is 50.9 Å². The third-order valence-corrected chi connectivity index (χ3v) is 2.00. The van der Waals surface area contributed by atoms with Crippen LogP contribution in [0.25, 0.3) is 10.9 Å². The number of nitrogens with one attached hydrogen (secondary N) is 1. The van der Waals surface area contributed by atoms with Gasteiger partial charge in [-0.25, -0.2) is 0 Å². The quantitative estimate of drug-likeness (QED) is 0.560. The first-order chi connectivity index (χ1) is 6.31. The molecule has 0 spiro atoms. The smallest absolute Gasteiger partial charge is 0.0726 e. The minimum absolute atomic E-state index is 0. The number of rotatable bonds is 1. The number of halogens is 1. The van der Waals surface area contributed by atoms with Crippen molar-refractivity contribution in [3.63, 3.8) is 0 Å². The standard InChI is InChI=1S/C10H11N3.ClH/c1-7-6-10(13-11)8-4-2-3-5-9(8)12-7;/h2-6H,11H2,1H3,(H,12,13);1H. The van der Waals surface area contributed by atoms with Gasteiger partial charge in [0.1, 0.15) is 0 Å². The molecule has 1 aromatic carbocycles. The van der Waals surface area contributed by atoms with Crippen LogP contribution in [0.15, 0.2) is 30.3 Å². The molecule has 3 nitrogen and oxygen atoms in total. The van der Waals surface area contributed by atoms with Gasteiger partial charge in [-0.1, -0.05) is 18.2 Å². The van der Waals surface area contributed by atoms with Gasteiger partial charge < -0.3 is 5.43 Å². The van der Waals surface area contributed by atoms with Gasteiger partial charge in [0.05, 0.1) is 11.2 Å². The molecule has 0 aliphatic rings. The molecule has 0 fully saturated rings. The molecule has 1 heterocycles. The van der Waals surface area contributed by atoms with Gasteiger partial charge in [0, 0.05) is 11.1 Å². The maximum atomic E-state index is 5.41. The minimum atomic E-state index is 0. The van der Waals surface area contributed by atoms with E-state index in [9.17, 15) is 0 Å². The van der Waals surface area contributed by atoms with Crippen molar-refractivity contribution in [2.45, 2.75) is 6.92 Å². The molecule has 2 aromatic rings. The number of pyridine rings is 1. The Morgan fingerprint density at radius 2 is 2.00 bits per heavy atom. The van der Waals surface area contributed by atoms with Crippen molar-refractivity contribution >= 4 is 29.0 Å². The number of anilines is 1. The van der Waals surface area contributed by atoms with Crippen molar-refractivity contribution in [2.75, 3.05) is 5.43 Å². The number of hydrazine groups is 1. The second kappa shape index (κ2) is 4.26. The first-order valence-electron chi connectivity index (χ1n) is 4.14. The third-order valence-electron chi connectivity index (χ3n) is 2.00. The molecule has 0 unspecified atom stereocenters. The fourth-order valence-electron chi connectivity index (χ4n) is 1.43. The van der Waals surface area contributed by atoms with Crippen LogP contribution in [-0.4, -0.2) is 4.98 Å². The molecule has 0 atom stereocenters. The molecule has 0 aliphatic heterocycles. The van der Waals surface area contributed by atoms with Crippen molar-refractivity contribution in [1.29, 1.82) is 0 Å². The Hall–Kier alpha value is -1.32. The zero-order chi connectivity index (χ0) is 9.26. The highest BCUT2D eigenvalue weighted by Crippen LogP contribution is 2.21. The number of nitrogens with zero attached hydrogens (tertiary/aromatic N) is 1. The van der Waals surface area contributed by atoms with E-state index in [1.807, 2.05) is 37.3 Å². The predicted octanol–water partition coefficient (Wildman–Crippen LogP) is 2.25. The molecule has 0 saturated carbocycles. The molecule has 1 aromatic heterocycles. The highest BCUT2D eigenvalue weighted by atomic mass is 35.5. The summed E-state index contributed by atoms with van der Waals surface area (Å²) in [6.45, 7) is 1.95. The molecule has 74 valence electrons. The molecule has 0 aliphatic carbocycles. The van der Waals surface area contributed by atoms with E-state index in [2.05, 4.69) is 10.4 Å². The Morgan fingerprint density at radius 3 is 2.71 bits per heavy atom. The SMILES string of the molecule is Cc1cc(NN)c2ccccc2n1.Cl. The minimum Gasteiger partial charge on any atom is -0.323 e. The normalized spacial score (nSPS) is 9.57. The summed E-state index contributed by atoms with van der Waals surface area (Å²) in [7, 11) is 0. The van der Waals surface area contributed by atoms with Crippen LogP contribution in [0, 0.1) is 6.92 Å². The first kappa shape index (κ1) is 10.8. The average molecular weight is 210 g/mol. The van der Waals surface area contributed by atoms with Crippen molar-refractivity contribution in [1.82, 2.24) is 4.98 Å². The molecule has 3 N–H and O–H groups in total. The van der Waals surface area contributed by atoms with Gasteiger partial charge in [-0.05, 0) is 19.1 Å². The Bertz CT molecular complexity index is 442. The van der Waals surface area contributed by atoms with Crippen molar-refractivity contribution in [2.24, 2.45) is 5.84 Å². The van der Waals surface area contributed by atoms with Crippen LogP contribution in [0.5, 0.6) is 0 Å². The number of hydrogen-bond donors (Lipinski definition) is 2. The molecule has 0 radical (unpaired) electrons. The van der Waals surface area contributed by atoms with Crippen LogP contribution in [0.1, 0.15) is 5.69 Å². The number of nitrogen functional groups attached to an aromatic ring is 1. The highest BCUT2D eigenvalue weighted by molar-refractivity contribution is 5.91. The fraction of sp³-hybridized carbons (Fsp3) is 0.100. The summed E-state index contributed by atoms with van der Waals surface area (Å²) < 4.78 is 0. The number of nitrogens with two attached hydrogens (primary N) is 1. The van der Waals surface area contributed by atoms with E-state index in [-0.39, 0.29) is 12.4 Å². The van der Waals surface area contributed by atoms with Gasteiger partial charge in [0.25, 0.3) is 0 Å². The van der Waals surface area contributed by atoms with Gasteiger partial charge in [-0.3, -0.25) is 10.8 Å². The van der Waals surface area contributed by atoms with Crippen LogP contribution in [-0.2, 0) is 0 Å². The van der Waals surface area contributed by atoms with E-state index < -0.39 is 0 Å². The molecular formula is C10H12ClN3. The molecule has 2 rings (SSSR count). The summed E-state index contributed by atoms with van der Waals surface area (Å²) >= 11 is 0. The second-order valence-electron chi connectivity index (χ2n) is 2.97.